The summed E-state index contributed by atoms with van der Waals surface area (Å²) in [5.41, 5.74) is 1.55. The van der Waals surface area contributed by atoms with E-state index >= 15 is 0 Å². The van der Waals surface area contributed by atoms with Crippen LogP contribution in [0.5, 0.6) is 11.5 Å². The zero-order chi connectivity index (χ0) is 23.8. The molecule has 0 aliphatic heterocycles. The fourth-order valence-electron chi connectivity index (χ4n) is 2.90. The van der Waals surface area contributed by atoms with Gasteiger partial charge in [-0.25, -0.2) is 4.39 Å². The number of nitrogens with zero attached hydrogens (tertiary/aromatic N) is 2. The smallest absolute Gasteiger partial charge is 0.270 e. The highest BCUT2D eigenvalue weighted by molar-refractivity contribution is 5.92. The third-order valence-corrected chi connectivity index (χ3v) is 4.47. The van der Waals surface area contributed by atoms with E-state index in [1.165, 1.54) is 49.6 Å². The van der Waals surface area contributed by atoms with Crippen molar-refractivity contribution in [1.29, 1.82) is 5.26 Å². The maximum absolute atomic E-state index is 13.0. The van der Waals surface area contributed by atoms with Crippen LogP contribution in [0.3, 0.4) is 0 Å². The number of ether oxygens (including phenoxy) is 2. The van der Waals surface area contributed by atoms with Gasteiger partial charge in [0.1, 0.15) is 5.82 Å². The number of nitro groups is 1. The molecule has 1 N–H and O–H groups in total. The molecule has 9 heteroatoms. The van der Waals surface area contributed by atoms with Gasteiger partial charge in [-0.3, -0.25) is 14.9 Å². The molecule has 8 nitrogen and oxygen atoms in total. The van der Waals surface area contributed by atoms with Gasteiger partial charge in [-0.2, -0.15) is 5.26 Å². The first-order valence-corrected chi connectivity index (χ1v) is 9.62. The van der Waals surface area contributed by atoms with Crippen molar-refractivity contribution in [2.75, 3.05) is 19.0 Å². The number of halogens is 1. The molecule has 0 radical (unpaired) electrons. The van der Waals surface area contributed by atoms with Gasteiger partial charge in [-0.15, -0.1) is 0 Å². The summed E-state index contributed by atoms with van der Waals surface area (Å²) in [6.45, 7) is -0.306. The van der Waals surface area contributed by atoms with Gasteiger partial charge in [-0.1, -0.05) is 18.2 Å². The van der Waals surface area contributed by atoms with E-state index in [0.29, 0.717) is 28.3 Å². The number of carbonyl (C=O) groups excluding carboxylic acids is 1. The average Bonchev–Trinajstić information content (AvgIpc) is 2.83. The summed E-state index contributed by atoms with van der Waals surface area (Å²) >= 11 is 0. The molecule has 3 rings (SSSR count). The van der Waals surface area contributed by atoms with Crippen LogP contribution in [-0.4, -0.2) is 24.5 Å². The number of amides is 1. The number of nitriles is 1. The van der Waals surface area contributed by atoms with Crippen LogP contribution >= 0.6 is 0 Å². The molecule has 0 aliphatic carbocycles. The number of nitrogens with one attached hydrogen (secondary N) is 1. The molecule has 0 fully saturated rings. The number of allylic oxidation sites excluding steroid dienone is 1. The van der Waals surface area contributed by atoms with E-state index in [1.54, 1.807) is 30.3 Å². The Balaban J connectivity index is 1.74. The van der Waals surface area contributed by atoms with Crippen molar-refractivity contribution in [3.05, 3.63) is 93.8 Å². The first-order chi connectivity index (χ1) is 15.9. The third kappa shape index (κ3) is 6.15. The summed E-state index contributed by atoms with van der Waals surface area (Å²) in [4.78, 5) is 22.6. The summed E-state index contributed by atoms with van der Waals surface area (Å²) in [5.74, 6) is -0.217. The van der Waals surface area contributed by atoms with Crippen molar-refractivity contribution >= 4 is 28.9 Å². The Morgan fingerprint density at radius 2 is 1.91 bits per heavy atom. The maximum atomic E-state index is 13.0. The third-order valence-electron chi connectivity index (χ3n) is 4.47. The van der Waals surface area contributed by atoms with E-state index < -0.39 is 16.6 Å². The molecule has 0 heterocycles. The fourth-order valence-corrected chi connectivity index (χ4v) is 2.90. The predicted molar refractivity (Wildman–Crippen MR) is 120 cm³/mol. The molecule has 33 heavy (non-hydrogen) atoms. The van der Waals surface area contributed by atoms with E-state index in [2.05, 4.69) is 5.32 Å². The van der Waals surface area contributed by atoms with Crippen LogP contribution in [-0.2, 0) is 4.79 Å². The Morgan fingerprint density at radius 1 is 1.15 bits per heavy atom. The van der Waals surface area contributed by atoms with E-state index in [4.69, 9.17) is 9.47 Å². The van der Waals surface area contributed by atoms with E-state index in [1.807, 2.05) is 6.07 Å². The SMILES string of the molecule is COc1cc(C=C(C#N)c2cccc([N+](=O)[O-])c2)ccc1OCC(=O)Nc1ccc(F)cc1. The largest absolute Gasteiger partial charge is 0.493 e. The molecule has 1 amide bonds. The minimum Gasteiger partial charge on any atom is -0.493 e. The van der Waals surface area contributed by atoms with Gasteiger partial charge in [0.25, 0.3) is 11.6 Å². The molecule has 0 atom stereocenters. The number of carbonyl (C=O) groups is 1. The van der Waals surface area contributed by atoms with Crippen LogP contribution in [0.2, 0.25) is 0 Å². The van der Waals surface area contributed by atoms with Gasteiger partial charge < -0.3 is 14.8 Å². The molecule has 0 unspecified atom stereocenters. The molecule has 166 valence electrons. The minimum absolute atomic E-state index is 0.117. The van der Waals surface area contributed by atoms with Crippen molar-refractivity contribution in [3.63, 3.8) is 0 Å². The van der Waals surface area contributed by atoms with Gasteiger partial charge in [0.05, 0.1) is 23.7 Å². The van der Waals surface area contributed by atoms with Gasteiger partial charge in [0, 0.05) is 17.8 Å². The van der Waals surface area contributed by atoms with Gasteiger partial charge in [0.2, 0.25) is 0 Å². The summed E-state index contributed by atoms with van der Waals surface area (Å²) < 4.78 is 23.8. The standard InChI is InChI=1S/C24H18FN3O5/c1-32-23-12-16(11-18(14-26)17-3-2-4-21(13-17)28(30)31)5-10-22(23)33-15-24(29)27-20-8-6-19(25)7-9-20/h2-13H,15H2,1H3,(H,27,29). The summed E-state index contributed by atoms with van der Waals surface area (Å²) in [6, 6.07) is 18.0. The first kappa shape index (κ1) is 23.0. The monoisotopic (exact) mass is 447 g/mol. The number of hydrogen-bond acceptors (Lipinski definition) is 6. The normalized spacial score (nSPS) is 10.8. The van der Waals surface area contributed by atoms with Gasteiger partial charge in [0.15, 0.2) is 18.1 Å². The number of benzene rings is 3. The summed E-state index contributed by atoms with van der Waals surface area (Å²) in [5, 5.41) is 23.1. The molecule has 3 aromatic carbocycles. The van der Waals surface area contributed by atoms with Crippen LogP contribution in [0.25, 0.3) is 11.6 Å². The van der Waals surface area contributed by atoms with Crippen molar-refractivity contribution in [2.45, 2.75) is 0 Å². The molecule has 0 saturated carbocycles. The lowest BCUT2D eigenvalue weighted by molar-refractivity contribution is -0.384. The topological polar surface area (TPSA) is 114 Å². The molecule has 0 bridgehead atoms. The van der Waals surface area contributed by atoms with Crippen molar-refractivity contribution in [1.82, 2.24) is 0 Å². The average molecular weight is 447 g/mol. The fraction of sp³-hybridized carbons (Fsp3) is 0.0833. The quantitative estimate of drug-likeness (QED) is 0.229. The highest BCUT2D eigenvalue weighted by atomic mass is 19.1. The summed E-state index contributed by atoms with van der Waals surface area (Å²) in [7, 11) is 1.43. The Hall–Kier alpha value is -4.71. The number of rotatable bonds is 8. The van der Waals surface area contributed by atoms with E-state index in [-0.39, 0.29) is 17.9 Å². The van der Waals surface area contributed by atoms with E-state index in [9.17, 15) is 24.6 Å². The molecular weight excluding hydrogens is 429 g/mol. The second-order valence-corrected chi connectivity index (χ2v) is 6.73. The molecule has 0 aromatic heterocycles. The zero-order valence-electron chi connectivity index (χ0n) is 17.4. The minimum atomic E-state index is -0.528. The van der Waals surface area contributed by atoms with Gasteiger partial charge >= 0.3 is 0 Å². The number of anilines is 1. The summed E-state index contributed by atoms with van der Waals surface area (Å²) in [6.07, 6.45) is 1.56. The van der Waals surface area contributed by atoms with Crippen LogP contribution in [0.15, 0.2) is 66.7 Å². The molecule has 0 saturated heterocycles. The molecular formula is C24H18FN3O5. The highest BCUT2D eigenvalue weighted by Crippen LogP contribution is 2.30. The lowest BCUT2D eigenvalue weighted by Crippen LogP contribution is -2.20. The molecule has 3 aromatic rings. The highest BCUT2D eigenvalue weighted by Gasteiger charge is 2.11. The Kier molecular flexibility index (Phi) is 7.34. The van der Waals surface area contributed by atoms with Crippen molar-refractivity contribution in [2.24, 2.45) is 0 Å². The van der Waals surface area contributed by atoms with E-state index in [0.717, 1.165) is 0 Å². The van der Waals surface area contributed by atoms with Crippen LogP contribution < -0.4 is 14.8 Å². The lowest BCUT2D eigenvalue weighted by atomic mass is 10.0. The van der Waals surface area contributed by atoms with Crippen LogP contribution in [0.4, 0.5) is 15.8 Å². The number of non-ortho nitro benzene ring substituents is 1. The van der Waals surface area contributed by atoms with Crippen LogP contribution in [0.1, 0.15) is 11.1 Å². The van der Waals surface area contributed by atoms with Crippen molar-refractivity contribution in [3.8, 4) is 17.6 Å². The second-order valence-electron chi connectivity index (χ2n) is 6.73. The van der Waals surface area contributed by atoms with Gasteiger partial charge in [-0.05, 0) is 53.6 Å². The zero-order valence-corrected chi connectivity index (χ0v) is 17.4. The predicted octanol–water partition coefficient (Wildman–Crippen LogP) is 4.82. The Bertz CT molecular complexity index is 1250. The first-order valence-electron chi connectivity index (χ1n) is 9.62. The Morgan fingerprint density at radius 3 is 2.58 bits per heavy atom. The number of methoxy groups -OCH3 is 1. The second kappa shape index (κ2) is 10.5. The van der Waals surface area contributed by atoms with Crippen LogP contribution in [0, 0.1) is 27.3 Å². The maximum Gasteiger partial charge on any atom is 0.270 e. The number of nitro benzene ring substituents is 1. The Labute approximate surface area is 188 Å². The number of hydrogen-bond donors (Lipinski definition) is 1. The van der Waals surface area contributed by atoms with Crippen molar-refractivity contribution < 1.29 is 23.6 Å². The molecule has 0 aliphatic rings. The lowest BCUT2D eigenvalue weighted by Gasteiger charge is -2.12. The molecule has 0 spiro atoms.